The molecule has 178 valence electrons. The van der Waals surface area contributed by atoms with Crippen molar-refractivity contribution in [2.24, 2.45) is 11.1 Å². The van der Waals surface area contributed by atoms with E-state index in [0.29, 0.717) is 17.7 Å². The van der Waals surface area contributed by atoms with E-state index in [1.807, 2.05) is 30.3 Å². The zero-order chi connectivity index (χ0) is 23.8. The van der Waals surface area contributed by atoms with Gasteiger partial charge in [0.1, 0.15) is 17.6 Å². The van der Waals surface area contributed by atoms with E-state index >= 15 is 4.39 Å². The minimum atomic E-state index is -1.06. The summed E-state index contributed by atoms with van der Waals surface area (Å²) in [5, 5.41) is 22.5. The van der Waals surface area contributed by atoms with Crippen molar-refractivity contribution in [2.45, 2.75) is 70.6 Å². The van der Waals surface area contributed by atoms with Crippen LogP contribution in [0.3, 0.4) is 0 Å². The van der Waals surface area contributed by atoms with Crippen LogP contribution in [-0.4, -0.2) is 28.9 Å². The van der Waals surface area contributed by atoms with Crippen LogP contribution in [0.1, 0.15) is 83.6 Å². The van der Waals surface area contributed by atoms with E-state index in [2.05, 4.69) is 12.1 Å². The van der Waals surface area contributed by atoms with Crippen LogP contribution < -0.4 is 0 Å². The number of nitrogens with zero attached hydrogens (tertiary/aromatic N) is 1. The highest BCUT2D eigenvalue weighted by atomic mass is 32.1. The molecule has 0 saturated carbocycles. The Labute approximate surface area is 198 Å². The first kappa shape index (κ1) is 25.2. The van der Waals surface area contributed by atoms with Gasteiger partial charge in [-0.05, 0) is 60.1 Å². The SMILES string of the molecule is CCCCCC(O)c1ccc(C2=C(CN=O)CC(F)[C@@H]2CCCc2ccc(C(=O)O)s2)cc1. The fourth-order valence-electron chi connectivity index (χ4n) is 4.66. The van der Waals surface area contributed by atoms with Gasteiger partial charge in [-0.15, -0.1) is 11.3 Å². The molecule has 1 aliphatic carbocycles. The van der Waals surface area contributed by atoms with E-state index in [4.69, 9.17) is 5.11 Å². The number of rotatable bonds is 13. The highest BCUT2D eigenvalue weighted by molar-refractivity contribution is 7.13. The second-order valence-electron chi connectivity index (χ2n) is 8.73. The van der Waals surface area contributed by atoms with Crippen LogP contribution in [0.5, 0.6) is 0 Å². The van der Waals surface area contributed by atoms with Crippen molar-refractivity contribution in [2.75, 3.05) is 6.54 Å². The predicted octanol–water partition coefficient (Wildman–Crippen LogP) is 6.96. The number of aryl methyl sites for hydroxylation is 1. The number of carboxylic acid groups (broad SMARTS) is 1. The summed E-state index contributed by atoms with van der Waals surface area (Å²) in [5.74, 6) is -1.25. The summed E-state index contributed by atoms with van der Waals surface area (Å²) in [4.78, 5) is 23.3. The van der Waals surface area contributed by atoms with Gasteiger partial charge in [0, 0.05) is 17.2 Å². The van der Waals surface area contributed by atoms with Gasteiger partial charge in [-0.2, -0.15) is 4.91 Å². The van der Waals surface area contributed by atoms with E-state index in [1.165, 1.54) is 11.3 Å². The molecule has 0 radical (unpaired) electrons. The predicted molar refractivity (Wildman–Crippen MR) is 130 cm³/mol. The maximum atomic E-state index is 15.0. The van der Waals surface area contributed by atoms with Gasteiger partial charge >= 0.3 is 5.97 Å². The maximum absolute atomic E-state index is 15.0. The lowest BCUT2D eigenvalue weighted by Crippen LogP contribution is -2.12. The molecule has 0 bridgehead atoms. The highest BCUT2D eigenvalue weighted by Gasteiger charge is 2.35. The first-order valence-corrected chi connectivity index (χ1v) is 12.5. The summed E-state index contributed by atoms with van der Waals surface area (Å²) < 4.78 is 15.0. The Balaban J connectivity index is 1.71. The van der Waals surface area contributed by atoms with Crippen LogP contribution in [0.25, 0.3) is 5.57 Å². The number of aliphatic hydroxyl groups is 1. The molecular formula is C26H32FNO4S. The molecule has 0 saturated heterocycles. The van der Waals surface area contributed by atoms with Gasteiger partial charge in [-0.3, -0.25) is 0 Å². The number of aromatic carboxylic acids is 1. The van der Waals surface area contributed by atoms with Gasteiger partial charge < -0.3 is 10.2 Å². The standard InChI is InChI=1S/C26H32FNO4S/c1-2-3-4-8-23(29)17-9-11-18(12-10-17)25-19(16-28-32)15-22(27)21(25)7-5-6-20-13-14-24(33-20)26(30)31/h9-14,21-23,29H,2-8,15-16H2,1H3,(H,30,31)/t21-,22?,23?/m0/s1. The average Bonchev–Trinajstić information content (AvgIpc) is 3.39. The number of carboxylic acids is 1. The number of hydrogen-bond acceptors (Lipinski definition) is 5. The number of hydrogen-bond donors (Lipinski definition) is 2. The molecule has 2 N–H and O–H groups in total. The van der Waals surface area contributed by atoms with Gasteiger partial charge in [-0.1, -0.05) is 55.6 Å². The minimum Gasteiger partial charge on any atom is -0.477 e. The Hall–Kier alpha value is -2.38. The number of aliphatic hydroxyl groups excluding tert-OH is 1. The number of benzene rings is 1. The number of unbranched alkanes of at least 4 members (excludes halogenated alkanes) is 2. The van der Waals surface area contributed by atoms with Crippen molar-refractivity contribution in [1.29, 1.82) is 0 Å². The largest absolute Gasteiger partial charge is 0.477 e. The number of carbonyl (C=O) groups is 1. The third-order valence-corrected chi connectivity index (χ3v) is 7.52. The zero-order valence-corrected chi connectivity index (χ0v) is 19.8. The van der Waals surface area contributed by atoms with Crippen LogP contribution >= 0.6 is 11.3 Å². The van der Waals surface area contributed by atoms with Gasteiger partial charge in [0.15, 0.2) is 0 Å². The third-order valence-electron chi connectivity index (χ3n) is 6.38. The molecule has 3 rings (SSSR count). The molecule has 0 amide bonds. The summed E-state index contributed by atoms with van der Waals surface area (Å²) in [6.45, 7) is 2.12. The number of thiophene rings is 1. The molecule has 0 fully saturated rings. The molecule has 2 unspecified atom stereocenters. The first-order valence-electron chi connectivity index (χ1n) is 11.7. The molecule has 1 aliphatic rings. The molecule has 1 heterocycles. The second kappa shape index (κ2) is 12.2. The number of nitroso groups, excluding NO2 is 1. The van der Waals surface area contributed by atoms with E-state index in [9.17, 15) is 14.8 Å². The van der Waals surface area contributed by atoms with E-state index in [0.717, 1.165) is 59.3 Å². The number of halogens is 1. The number of allylic oxidation sites excluding steroid dienone is 1. The quantitative estimate of drug-likeness (QED) is 0.243. The maximum Gasteiger partial charge on any atom is 0.345 e. The molecule has 33 heavy (non-hydrogen) atoms. The fraction of sp³-hybridized carbons (Fsp3) is 0.500. The summed E-state index contributed by atoms with van der Waals surface area (Å²) >= 11 is 1.26. The lowest BCUT2D eigenvalue weighted by Gasteiger charge is -2.19. The van der Waals surface area contributed by atoms with Crippen molar-refractivity contribution >= 4 is 22.9 Å². The molecule has 7 heteroatoms. The third kappa shape index (κ3) is 6.58. The lowest BCUT2D eigenvalue weighted by atomic mass is 9.88. The van der Waals surface area contributed by atoms with Gasteiger partial charge in [-0.25, -0.2) is 9.18 Å². The Kier molecular flexibility index (Phi) is 9.32. The Bertz CT molecular complexity index is 969. The van der Waals surface area contributed by atoms with Gasteiger partial charge in [0.25, 0.3) is 0 Å². The van der Waals surface area contributed by atoms with Crippen LogP contribution in [-0.2, 0) is 6.42 Å². The summed E-state index contributed by atoms with van der Waals surface area (Å²) in [6, 6.07) is 11.1. The van der Waals surface area contributed by atoms with Crippen molar-refractivity contribution in [3.05, 3.63) is 67.8 Å². The van der Waals surface area contributed by atoms with Crippen molar-refractivity contribution < 1.29 is 19.4 Å². The Morgan fingerprint density at radius 1 is 1.18 bits per heavy atom. The molecule has 0 aliphatic heterocycles. The van der Waals surface area contributed by atoms with Crippen LogP contribution in [0.15, 0.2) is 47.1 Å². The Morgan fingerprint density at radius 3 is 2.58 bits per heavy atom. The summed E-state index contributed by atoms with van der Waals surface area (Å²) in [7, 11) is 0. The normalized spacial score (nSPS) is 19.1. The van der Waals surface area contributed by atoms with Crippen LogP contribution in [0, 0.1) is 10.8 Å². The smallest absolute Gasteiger partial charge is 0.345 e. The lowest BCUT2D eigenvalue weighted by molar-refractivity contribution is 0.0702. The Morgan fingerprint density at radius 2 is 1.94 bits per heavy atom. The molecule has 3 atom stereocenters. The monoisotopic (exact) mass is 473 g/mol. The summed E-state index contributed by atoms with van der Waals surface area (Å²) in [5.41, 5.74) is 3.35. The molecule has 1 aromatic carbocycles. The fourth-order valence-corrected chi connectivity index (χ4v) is 5.55. The molecule has 1 aromatic heterocycles. The van der Waals surface area contributed by atoms with Gasteiger partial charge in [0.2, 0.25) is 0 Å². The topological polar surface area (TPSA) is 87.0 Å². The molecular weight excluding hydrogens is 441 g/mol. The molecule has 2 aromatic rings. The zero-order valence-electron chi connectivity index (χ0n) is 19.0. The van der Waals surface area contributed by atoms with Crippen molar-refractivity contribution in [1.82, 2.24) is 0 Å². The second-order valence-corrected chi connectivity index (χ2v) is 9.90. The average molecular weight is 474 g/mol. The van der Waals surface area contributed by atoms with E-state index in [-0.39, 0.29) is 18.9 Å². The first-order chi connectivity index (χ1) is 15.9. The van der Waals surface area contributed by atoms with Crippen molar-refractivity contribution in [3.63, 3.8) is 0 Å². The van der Waals surface area contributed by atoms with Gasteiger partial charge in [0.05, 0.1) is 6.10 Å². The highest BCUT2D eigenvalue weighted by Crippen LogP contribution is 2.44. The van der Waals surface area contributed by atoms with Crippen molar-refractivity contribution in [3.8, 4) is 0 Å². The van der Waals surface area contributed by atoms with E-state index < -0.39 is 18.2 Å². The number of alkyl halides is 1. The molecule has 5 nitrogen and oxygen atoms in total. The minimum absolute atomic E-state index is 0.0133. The van der Waals surface area contributed by atoms with E-state index in [1.54, 1.807) is 6.07 Å². The summed E-state index contributed by atoms with van der Waals surface area (Å²) in [6.07, 6.45) is 4.57. The molecule has 0 spiro atoms. The van der Waals surface area contributed by atoms with Crippen LogP contribution in [0.2, 0.25) is 0 Å². The van der Waals surface area contributed by atoms with Crippen LogP contribution in [0.4, 0.5) is 4.39 Å².